The summed E-state index contributed by atoms with van der Waals surface area (Å²) in [5.74, 6) is -1.00. The zero-order valence-electron chi connectivity index (χ0n) is 17.3. The molecule has 0 bridgehead atoms. The van der Waals surface area contributed by atoms with Crippen molar-refractivity contribution in [2.45, 2.75) is 52.0 Å². The van der Waals surface area contributed by atoms with Crippen molar-refractivity contribution in [3.05, 3.63) is 39.3 Å². The number of methoxy groups -OCH3 is 1. The third-order valence-electron chi connectivity index (χ3n) is 5.74. The van der Waals surface area contributed by atoms with Crippen molar-refractivity contribution in [1.82, 2.24) is 0 Å². The molecule has 0 unspecified atom stereocenters. The fourth-order valence-corrected chi connectivity index (χ4v) is 5.28. The van der Waals surface area contributed by atoms with Gasteiger partial charge in [0.25, 0.3) is 0 Å². The maximum absolute atomic E-state index is 12.8. The highest BCUT2D eigenvalue weighted by Gasteiger charge is 2.30. The molecule has 0 fully saturated rings. The monoisotopic (exact) mass is 427 g/mol. The molecule has 2 heterocycles. The summed E-state index contributed by atoms with van der Waals surface area (Å²) in [6, 6.07) is 3.21. The molecule has 7 nitrogen and oxygen atoms in total. The number of benzene rings is 1. The Bertz CT molecular complexity index is 1040. The molecule has 1 aromatic heterocycles. The van der Waals surface area contributed by atoms with Crippen molar-refractivity contribution in [2.75, 3.05) is 23.1 Å². The van der Waals surface area contributed by atoms with E-state index < -0.39 is 12.0 Å². The van der Waals surface area contributed by atoms with Crippen LogP contribution in [0.2, 0.25) is 0 Å². The van der Waals surface area contributed by atoms with Crippen molar-refractivity contribution >= 4 is 45.5 Å². The summed E-state index contributed by atoms with van der Waals surface area (Å²) in [5, 5.41) is 9.41. The Kier molecular flexibility index (Phi) is 5.51. The van der Waals surface area contributed by atoms with Crippen LogP contribution in [0.15, 0.2) is 12.1 Å². The number of ether oxygens (including phenoxy) is 1. The third-order valence-corrected chi connectivity index (χ3v) is 6.95. The number of fused-ring (bicyclic) bond motifs is 2. The molecule has 158 valence electrons. The fraction of sp³-hybridized carbons (Fsp3) is 0.409. The molecule has 8 heteroatoms. The molecule has 2 amide bonds. The first-order chi connectivity index (χ1) is 14.4. The molecule has 1 aliphatic heterocycles. The van der Waals surface area contributed by atoms with Crippen LogP contribution in [0.3, 0.4) is 0 Å². The summed E-state index contributed by atoms with van der Waals surface area (Å²) in [7, 11) is 1.35. The minimum absolute atomic E-state index is 0.0403. The average molecular weight is 428 g/mol. The topological polar surface area (TPSA) is 96.5 Å². The predicted molar refractivity (Wildman–Crippen MR) is 118 cm³/mol. The van der Waals surface area contributed by atoms with E-state index in [1.165, 1.54) is 18.4 Å². The molecule has 0 radical (unpaired) electrons. The van der Waals surface area contributed by atoms with Crippen LogP contribution in [-0.4, -0.2) is 30.9 Å². The van der Waals surface area contributed by atoms with Gasteiger partial charge in [0.15, 0.2) is 0 Å². The number of carbonyl (C=O) groups is 3. The Morgan fingerprint density at radius 2 is 1.87 bits per heavy atom. The first-order valence-electron chi connectivity index (χ1n) is 10.1. The molecule has 0 saturated carbocycles. The number of amides is 2. The Morgan fingerprint density at radius 1 is 1.17 bits per heavy atom. The number of aryl methyl sites for hydroxylation is 3. The second-order valence-corrected chi connectivity index (χ2v) is 8.93. The van der Waals surface area contributed by atoms with E-state index in [1.54, 1.807) is 0 Å². The molecule has 3 N–H and O–H groups in total. The van der Waals surface area contributed by atoms with E-state index in [0.717, 1.165) is 58.6 Å². The lowest BCUT2D eigenvalue weighted by molar-refractivity contribution is -0.122. The van der Waals surface area contributed by atoms with Crippen molar-refractivity contribution in [3.63, 3.8) is 0 Å². The summed E-state index contributed by atoms with van der Waals surface area (Å²) in [6.07, 6.45) is 3.77. The van der Waals surface area contributed by atoms with E-state index >= 15 is 0 Å². The molecule has 0 saturated heterocycles. The molecular weight excluding hydrogens is 402 g/mol. The number of rotatable bonds is 4. The molecule has 30 heavy (non-hydrogen) atoms. The van der Waals surface area contributed by atoms with E-state index in [4.69, 9.17) is 4.74 Å². The van der Waals surface area contributed by atoms with Crippen molar-refractivity contribution in [2.24, 2.45) is 0 Å². The van der Waals surface area contributed by atoms with Crippen LogP contribution in [0.1, 0.15) is 51.2 Å². The van der Waals surface area contributed by atoms with Gasteiger partial charge in [-0.05, 0) is 68.4 Å². The van der Waals surface area contributed by atoms with Crippen LogP contribution in [-0.2, 0) is 27.2 Å². The van der Waals surface area contributed by atoms with Crippen LogP contribution in [0.25, 0.3) is 0 Å². The predicted octanol–water partition coefficient (Wildman–Crippen LogP) is 3.79. The molecule has 1 aliphatic carbocycles. The maximum atomic E-state index is 12.8. The number of hydrogen-bond acceptors (Lipinski definition) is 6. The molecule has 2 aromatic rings. The van der Waals surface area contributed by atoms with Crippen molar-refractivity contribution in [3.8, 4) is 0 Å². The normalized spacial score (nSPS) is 17.3. The zero-order chi connectivity index (χ0) is 21.4. The van der Waals surface area contributed by atoms with Gasteiger partial charge >= 0.3 is 5.97 Å². The highest BCUT2D eigenvalue weighted by Crippen LogP contribution is 2.39. The number of thiophene rings is 1. The van der Waals surface area contributed by atoms with E-state index in [-0.39, 0.29) is 18.2 Å². The van der Waals surface area contributed by atoms with Gasteiger partial charge in [0.2, 0.25) is 11.8 Å². The van der Waals surface area contributed by atoms with E-state index in [0.29, 0.717) is 10.6 Å². The van der Waals surface area contributed by atoms with Crippen molar-refractivity contribution in [1.29, 1.82) is 0 Å². The van der Waals surface area contributed by atoms with Gasteiger partial charge in [0.1, 0.15) is 11.0 Å². The maximum Gasteiger partial charge on any atom is 0.341 e. The first-order valence-corrected chi connectivity index (χ1v) is 10.9. The van der Waals surface area contributed by atoms with Gasteiger partial charge in [-0.25, -0.2) is 4.79 Å². The van der Waals surface area contributed by atoms with Gasteiger partial charge in [-0.15, -0.1) is 11.3 Å². The van der Waals surface area contributed by atoms with Crippen LogP contribution in [0.5, 0.6) is 0 Å². The quantitative estimate of drug-likeness (QED) is 0.645. The number of carbonyl (C=O) groups excluding carboxylic acids is 3. The molecular formula is C22H25N3O4S. The molecule has 4 rings (SSSR count). The summed E-state index contributed by atoms with van der Waals surface area (Å²) in [4.78, 5) is 38.7. The van der Waals surface area contributed by atoms with Crippen LogP contribution >= 0.6 is 11.3 Å². The molecule has 1 atom stereocenters. The molecule has 0 spiro atoms. The highest BCUT2D eigenvalue weighted by molar-refractivity contribution is 7.17. The molecule has 1 aromatic carbocycles. The van der Waals surface area contributed by atoms with Gasteiger partial charge in [0.05, 0.1) is 30.5 Å². The van der Waals surface area contributed by atoms with E-state index in [9.17, 15) is 14.4 Å². The van der Waals surface area contributed by atoms with Crippen molar-refractivity contribution < 1.29 is 19.1 Å². The largest absolute Gasteiger partial charge is 0.465 e. The molecule has 2 aliphatic rings. The Hall–Kier alpha value is -2.87. The standard InChI is InChI=1S/C22H25N3O4S/c1-11-8-14-15(9-12(11)2)24-20(27)16(23-14)10-18(26)25-21-19(22(28)29-3)13-6-4-5-7-17(13)30-21/h8-9,16,23H,4-7,10H2,1-3H3,(H,24,27)(H,25,26)/t16-/m0/s1. The van der Waals surface area contributed by atoms with E-state index in [1.807, 2.05) is 26.0 Å². The van der Waals surface area contributed by atoms with E-state index in [2.05, 4.69) is 16.0 Å². The van der Waals surface area contributed by atoms with Crippen LogP contribution < -0.4 is 16.0 Å². The lowest BCUT2D eigenvalue weighted by atomic mass is 9.95. The Labute approximate surface area is 179 Å². The van der Waals surface area contributed by atoms with Gasteiger partial charge < -0.3 is 20.7 Å². The smallest absolute Gasteiger partial charge is 0.341 e. The fourth-order valence-electron chi connectivity index (χ4n) is 3.99. The SMILES string of the molecule is COC(=O)c1c(NC(=O)C[C@@H]2Nc3cc(C)c(C)cc3NC2=O)sc2c1CCCC2. The minimum atomic E-state index is -0.684. The van der Waals surface area contributed by atoms with Gasteiger partial charge in [0, 0.05) is 4.88 Å². The second kappa shape index (κ2) is 8.10. The summed E-state index contributed by atoms with van der Waals surface area (Å²) in [6.45, 7) is 3.99. The third kappa shape index (κ3) is 3.79. The first kappa shape index (κ1) is 20.4. The summed E-state index contributed by atoms with van der Waals surface area (Å²) >= 11 is 1.44. The Balaban J connectivity index is 1.51. The van der Waals surface area contributed by atoms with Gasteiger partial charge in [-0.3, -0.25) is 9.59 Å². The van der Waals surface area contributed by atoms with Gasteiger partial charge in [-0.2, -0.15) is 0 Å². The minimum Gasteiger partial charge on any atom is -0.465 e. The average Bonchev–Trinajstić information content (AvgIpc) is 3.07. The number of esters is 1. The van der Waals surface area contributed by atoms with Crippen LogP contribution in [0, 0.1) is 13.8 Å². The summed E-state index contributed by atoms with van der Waals surface area (Å²) in [5.41, 5.74) is 5.16. The van der Waals surface area contributed by atoms with Crippen LogP contribution in [0.4, 0.5) is 16.4 Å². The number of hydrogen-bond donors (Lipinski definition) is 3. The highest BCUT2D eigenvalue weighted by atomic mass is 32.1. The van der Waals surface area contributed by atoms with Gasteiger partial charge in [-0.1, -0.05) is 0 Å². The number of nitrogens with one attached hydrogen (secondary N) is 3. The zero-order valence-corrected chi connectivity index (χ0v) is 18.1. The Morgan fingerprint density at radius 3 is 2.60 bits per heavy atom. The lowest BCUT2D eigenvalue weighted by Crippen LogP contribution is -2.41. The lowest BCUT2D eigenvalue weighted by Gasteiger charge is -2.27. The summed E-state index contributed by atoms with van der Waals surface area (Å²) < 4.78 is 4.95. The second-order valence-electron chi connectivity index (χ2n) is 7.83. The number of anilines is 3.